The molecule has 1 rings (SSSR count). The number of rotatable bonds is 10. The van der Waals surface area contributed by atoms with Gasteiger partial charge in [-0.05, 0) is 43.4 Å². The van der Waals surface area contributed by atoms with E-state index in [2.05, 4.69) is 31.3 Å². The van der Waals surface area contributed by atoms with Crippen molar-refractivity contribution >= 4 is 0 Å². The van der Waals surface area contributed by atoms with E-state index in [9.17, 15) is 0 Å². The lowest BCUT2D eigenvalue weighted by Gasteiger charge is -2.26. The predicted molar refractivity (Wildman–Crippen MR) is 84.4 cm³/mol. The molecule has 3 heteroatoms. The van der Waals surface area contributed by atoms with Crippen LogP contribution in [0.25, 0.3) is 0 Å². The summed E-state index contributed by atoms with van der Waals surface area (Å²) in [5.41, 5.74) is 1.27. The summed E-state index contributed by atoms with van der Waals surface area (Å²) >= 11 is 0. The van der Waals surface area contributed by atoms with E-state index >= 15 is 0 Å². The Labute approximate surface area is 123 Å². The number of benzene rings is 1. The molecule has 0 aromatic heterocycles. The second kappa shape index (κ2) is 9.78. The number of hydrogen-bond donors (Lipinski definition) is 1. The molecule has 2 atom stereocenters. The van der Waals surface area contributed by atoms with Crippen molar-refractivity contribution in [3.63, 3.8) is 0 Å². The van der Waals surface area contributed by atoms with E-state index in [0.717, 1.165) is 38.2 Å². The van der Waals surface area contributed by atoms with Gasteiger partial charge in [0.1, 0.15) is 5.75 Å². The quantitative estimate of drug-likeness (QED) is 0.713. The van der Waals surface area contributed by atoms with Crippen molar-refractivity contribution < 1.29 is 9.47 Å². The molecule has 0 fully saturated rings. The number of nitrogens with one attached hydrogen (secondary N) is 1. The van der Waals surface area contributed by atoms with E-state index in [1.165, 1.54) is 5.56 Å². The first-order valence-electron chi connectivity index (χ1n) is 7.57. The zero-order valence-corrected chi connectivity index (χ0v) is 13.3. The minimum Gasteiger partial charge on any atom is -0.496 e. The minimum atomic E-state index is 0.460. The lowest BCUT2D eigenvalue weighted by Crippen LogP contribution is -2.38. The smallest absolute Gasteiger partial charge is 0.122 e. The highest BCUT2D eigenvalue weighted by atomic mass is 16.5. The topological polar surface area (TPSA) is 30.5 Å². The lowest BCUT2D eigenvalue weighted by molar-refractivity contribution is 0.169. The van der Waals surface area contributed by atoms with Gasteiger partial charge in [-0.15, -0.1) is 0 Å². The average Bonchev–Trinajstić information content (AvgIpc) is 2.49. The van der Waals surface area contributed by atoms with Gasteiger partial charge >= 0.3 is 0 Å². The molecule has 0 aliphatic heterocycles. The SMILES string of the molecule is CCCNC(Cc1ccccc1OC)C(C)CCOC. The van der Waals surface area contributed by atoms with Crippen LogP contribution in [0.5, 0.6) is 5.75 Å². The van der Waals surface area contributed by atoms with E-state index in [1.807, 2.05) is 12.1 Å². The Bertz CT molecular complexity index is 368. The summed E-state index contributed by atoms with van der Waals surface area (Å²) in [6.07, 6.45) is 3.22. The van der Waals surface area contributed by atoms with Gasteiger partial charge in [-0.1, -0.05) is 32.0 Å². The minimum absolute atomic E-state index is 0.460. The summed E-state index contributed by atoms with van der Waals surface area (Å²) in [5, 5.41) is 3.67. The Balaban J connectivity index is 2.72. The van der Waals surface area contributed by atoms with Crippen molar-refractivity contribution in [2.45, 2.75) is 39.2 Å². The van der Waals surface area contributed by atoms with E-state index in [4.69, 9.17) is 9.47 Å². The van der Waals surface area contributed by atoms with Gasteiger partial charge in [-0.25, -0.2) is 0 Å². The van der Waals surface area contributed by atoms with Gasteiger partial charge in [-0.3, -0.25) is 0 Å². The summed E-state index contributed by atoms with van der Waals surface area (Å²) in [5.74, 6) is 1.56. The fraction of sp³-hybridized carbons (Fsp3) is 0.647. The zero-order chi connectivity index (χ0) is 14.8. The van der Waals surface area contributed by atoms with Crippen molar-refractivity contribution in [2.24, 2.45) is 5.92 Å². The van der Waals surface area contributed by atoms with E-state index < -0.39 is 0 Å². The Morgan fingerprint density at radius 2 is 1.95 bits per heavy atom. The molecule has 3 nitrogen and oxygen atoms in total. The Hall–Kier alpha value is -1.06. The summed E-state index contributed by atoms with van der Waals surface area (Å²) in [6.45, 7) is 6.36. The maximum Gasteiger partial charge on any atom is 0.122 e. The van der Waals surface area contributed by atoms with Crippen LogP contribution in [0.4, 0.5) is 0 Å². The van der Waals surface area contributed by atoms with Gasteiger partial charge in [0.05, 0.1) is 7.11 Å². The summed E-state index contributed by atoms with van der Waals surface area (Å²) in [7, 11) is 3.50. The van der Waals surface area contributed by atoms with Crippen LogP contribution in [0, 0.1) is 5.92 Å². The van der Waals surface area contributed by atoms with Crippen LogP contribution in [0.2, 0.25) is 0 Å². The third-order valence-electron chi connectivity index (χ3n) is 3.75. The molecule has 0 heterocycles. The van der Waals surface area contributed by atoms with Gasteiger partial charge in [0.15, 0.2) is 0 Å². The zero-order valence-electron chi connectivity index (χ0n) is 13.3. The first-order valence-corrected chi connectivity index (χ1v) is 7.57. The highest BCUT2D eigenvalue weighted by molar-refractivity contribution is 5.33. The van der Waals surface area contributed by atoms with Crippen molar-refractivity contribution in [3.05, 3.63) is 29.8 Å². The largest absolute Gasteiger partial charge is 0.496 e. The first-order chi connectivity index (χ1) is 9.72. The van der Waals surface area contributed by atoms with Crippen LogP contribution in [0.15, 0.2) is 24.3 Å². The van der Waals surface area contributed by atoms with Gasteiger partial charge in [-0.2, -0.15) is 0 Å². The van der Waals surface area contributed by atoms with E-state index in [-0.39, 0.29) is 0 Å². The highest BCUT2D eigenvalue weighted by Gasteiger charge is 2.18. The van der Waals surface area contributed by atoms with Gasteiger partial charge in [0.25, 0.3) is 0 Å². The fourth-order valence-corrected chi connectivity index (χ4v) is 2.42. The van der Waals surface area contributed by atoms with Crippen LogP contribution in [-0.2, 0) is 11.2 Å². The van der Waals surface area contributed by atoms with Crippen molar-refractivity contribution in [1.29, 1.82) is 0 Å². The van der Waals surface area contributed by atoms with Gasteiger partial charge < -0.3 is 14.8 Å². The summed E-state index contributed by atoms with van der Waals surface area (Å²) in [4.78, 5) is 0. The highest BCUT2D eigenvalue weighted by Crippen LogP contribution is 2.22. The molecule has 0 saturated carbocycles. The maximum atomic E-state index is 5.46. The standard InChI is InChI=1S/C17H29NO2/c1-5-11-18-16(14(2)10-12-19-3)13-15-8-6-7-9-17(15)20-4/h6-9,14,16,18H,5,10-13H2,1-4H3. The molecule has 1 aromatic carbocycles. The van der Waals surface area contributed by atoms with Crippen LogP contribution in [0.1, 0.15) is 32.3 Å². The molecule has 0 aliphatic rings. The van der Waals surface area contributed by atoms with Crippen LogP contribution in [0.3, 0.4) is 0 Å². The average molecular weight is 279 g/mol. The molecular weight excluding hydrogens is 250 g/mol. The maximum absolute atomic E-state index is 5.46. The van der Waals surface area contributed by atoms with Crippen LogP contribution < -0.4 is 10.1 Å². The van der Waals surface area contributed by atoms with Crippen molar-refractivity contribution in [2.75, 3.05) is 27.4 Å². The Kier molecular flexibility index (Phi) is 8.31. The molecule has 114 valence electrons. The number of methoxy groups -OCH3 is 2. The number of ether oxygens (including phenoxy) is 2. The molecule has 0 radical (unpaired) electrons. The molecule has 2 unspecified atom stereocenters. The molecule has 20 heavy (non-hydrogen) atoms. The lowest BCUT2D eigenvalue weighted by atomic mass is 9.92. The van der Waals surface area contributed by atoms with Crippen molar-refractivity contribution in [1.82, 2.24) is 5.32 Å². The number of hydrogen-bond acceptors (Lipinski definition) is 3. The molecule has 0 bridgehead atoms. The molecule has 0 saturated heterocycles. The number of para-hydroxylation sites is 1. The monoisotopic (exact) mass is 279 g/mol. The van der Waals surface area contributed by atoms with Crippen LogP contribution in [-0.4, -0.2) is 33.4 Å². The van der Waals surface area contributed by atoms with Gasteiger partial charge in [0.2, 0.25) is 0 Å². The third-order valence-corrected chi connectivity index (χ3v) is 3.75. The van der Waals surface area contributed by atoms with Crippen LogP contribution >= 0.6 is 0 Å². The predicted octanol–water partition coefficient (Wildman–Crippen LogP) is 3.28. The second-order valence-corrected chi connectivity index (χ2v) is 5.34. The molecule has 0 spiro atoms. The molecule has 0 amide bonds. The molecule has 0 aliphatic carbocycles. The van der Waals surface area contributed by atoms with Gasteiger partial charge in [0, 0.05) is 19.8 Å². The van der Waals surface area contributed by atoms with E-state index in [0.29, 0.717) is 12.0 Å². The van der Waals surface area contributed by atoms with E-state index in [1.54, 1.807) is 14.2 Å². The Morgan fingerprint density at radius 1 is 1.20 bits per heavy atom. The fourth-order valence-electron chi connectivity index (χ4n) is 2.42. The third kappa shape index (κ3) is 5.51. The summed E-state index contributed by atoms with van der Waals surface area (Å²) in [6, 6.07) is 8.75. The first kappa shape index (κ1) is 17.0. The molecular formula is C17H29NO2. The Morgan fingerprint density at radius 3 is 2.60 bits per heavy atom. The molecule has 1 aromatic rings. The molecule has 1 N–H and O–H groups in total. The normalized spacial score (nSPS) is 14.0. The second-order valence-electron chi connectivity index (χ2n) is 5.34. The van der Waals surface area contributed by atoms with Crippen molar-refractivity contribution in [3.8, 4) is 5.75 Å². The summed E-state index contributed by atoms with van der Waals surface area (Å²) < 4.78 is 10.7.